The maximum absolute atomic E-state index is 14.2. The number of carbonyl (C=O) groups excluding carboxylic acids is 4. The topological polar surface area (TPSA) is 282 Å². The Balaban J connectivity index is 0.000000269. The summed E-state index contributed by atoms with van der Waals surface area (Å²) in [6, 6.07) is 7.06. The molecule has 70 heavy (non-hydrogen) atoms. The van der Waals surface area contributed by atoms with E-state index in [2.05, 4.69) is 10.3 Å². The first-order chi connectivity index (χ1) is 33.0. The molecule has 0 amide bonds. The largest absolute Gasteiger partial charge is 0.469 e. The molecule has 1 aromatic heterocycles. The number of hydrogen-bond donors (Lipinski definition) is 3. The molecule has 22 nitrogen and oxygen atoms in total. The molecule has 3 saturated carbocycles. The van der Waals surface area contributed by atoms with E-state index in [-0.39, 0.29) is 29.9 Å². The van der Waals surface area contributed by atoms with Crippen LogP contribution in [0.5, 0.6) is 0 Å². The normalized spacial score (nSPS) is 42.5. The Morgan fingerprint density at radius 2 is 1.70 bits per heavy atom. The standard InChI is InChI=1S/C35H44O16.C10H12N3O3PS2/c1-8-15(2)24(38)49-18-12-19(48-16(3)36)32(26(39)43-6)13-46-21-22(32)31(18)14-47-34(42,27(40)44-7)25(31)29(4,23(21)37)35-20-11-17(30(35,5)51-35)33(41)9-10-45-28(33)50-20;1-15-17(18,16-2)19-7-13-10(14)8-5-3-4-6-9(8)11-12-13/h8-10,17-23,25,28,37,41-42H,11-14H2,1-7H3;3-6H,7H2,1-2H3/b15-8+;/t17-,18+,19-,20+,21-,22-,23-,25+,28+,29-,30+,31+,32+,33+,34+,35+;/m1./s1. The van der Waals surface area contributed by atoms with Crippen molar-refractivity contribution in [2.45, 2.75) is 113 Å². The van der Waals surface area contributed by atoms with Crippen molar-refractivity contribution in [3.8, 4) is 0 Å². The van der Waals surface area contributed by atoms with Gasteiger partial charge in [0.15, 0.2) is 5.60 Å². The van der Waals surface area contributed by atoms with Crippen molar-refractivity contribution in [2.75, 3.05) is 41.7 Å². The van der Waals surface area contributed by atoms with Gasteiger partial charge in [0.05, 0.1) is 57.4 Å². The zero-order chi connectivity index (χ0) is 50.8. The van der Waals surface area contributed by atoms with E-state index in [4.69, 9.17) is 63.5 Å². The maximum atomic E-state index is 14.2. The van der Waals surface area contributed by atoms with E-state index in [9.17, 15) is 39.3 Å². The summed E-state index contributed by atoms with van der Waals surface area (Å²) in [6.07, 6.45) is -3.11. The molecule has 3 N–H and O–H groups in total. The van der Waals surface area contributed by atoms with Crippen molar-refractivity contribution < 1.29 is 86.2 Å². The summed E-state index contributed by atoms with van der Waals surface area (Å²) in [4.78, 5) is 66.5. The molecule has 3 aliphatic carbocycles. The number of methoxy groups -OCH3 is 2. The van der Waals surface area contributed by atoms with Crippen LogP contribution < -0.4 is 5.56 Å². The smallest absolute Gasteiger partial charge is 0.366 e. The number of allylic oxidation sites excluding steroid dienone is 1. The zero-order valence-electron chi connectivity index (χ0n) is 39.8. The minimum absolute atomic E-state index is 0.202. The fourth-order valence-electron chi connectivity index (χ4n) is 13.6. The number of ether oxygens (including phenoxy) is 9. The minimum atomic E-state index is -2.82. The lowest BCUT2D eigenvalue weighted by Gasteiger charge is -2.65. The van der Waals surface area contributed by atoms with Gasteiger partial charge in [0.2, 0.25) is 12.0 Å². The number of rotatable bonds is 11. The van der Waals surface area contributed by atoms with Crippen LogP contribution >= 0.6 is 17.1 Å². The highest BCUT2D eigenvalue weighted by atomic mass is 32.9. The summed E-state index contributed by atoms with van der Waals surface area (Å²) in [5.74, 6) is -9.52. The number of nitrogens with zero attached hydrogens (tertiary/aromatic N) is 3. The van der Waals surface area contributed by atoms with Crippen molar-refractivity contribution >= 4 is 63.7 Å². The Kier molecular flexibility index (Phi) is 12.7. The number of fused-ring (bicyclic) bond motifs is 8. The van der Waals surface area contributed by atoms with Crippen molar-refractivity contribution in [2.24, 2.45) is 34.0 Å². The monoisotopic (exact) mass is 1040 g/mol. The summed E-state index contributed by atoms with van der Waals surface area (Å²) < 4.78 is 65.5. The van der Waals surface area contributed by atoms with E-state index in [0.717, 1.165) is 14.2 Å². The number of carbonyl (C=O) groups is 4. The van der Waals surface area contributed by atoms with Crippen LogP contribution in [0.4, 0.5) is 0 Å². The maximum Gasteiger partial charge on any atom is 0.366 e. The first-order valence-electron chi connectivity index (χ1n) is 22.5. The average molecular weight is 1040 g/mol. The van der Waals surface area contributed by atoms with E-state index < -0.39 is 136 Å². The number of esters is 4. The van der Waals surface area contributed by atoms with Gasteiger partial charge in [-0.3, -0.25) is 14.4 Å². The second-order valence-electron chi connectivity index (χ2n) is 19.2. The van der Waals surface area contributed by atoms with Gasteiger partial charge in [-0.2, -0.15) is 4.68 Å². The third kappa shape index (κ3) is 6.63. The molecular weight excluding hydrogens is 982 g/mol. The molecule has 4 saturated heterocycles. The molecule has 6 heterocycles. The van der Waals surface area contributed by atoms with Gasteiger partial charge in [0.1, 0.15) is 40.2 Å². The molecule has 0 radical (unpaired) electrons. The van der Waals surface area contributed by atoms with Gasteiger partial charge in [-0.1, -0.05) is 30.3 Å². The van der Waals surface area contributed by atoms with Gasteiger partial charge in [-0.25, -0.2) is 9.59 Å². The third-order valence-corrected chi connectivity index (χ3v) is 22.1. The van der Waals surface area contributed by atoms with Crippen molar-refractivity contribution in [3.63, 3.8) is 0 Å². The molecule has 10 rings (SSSR count). The lowest BCUT2D eigenvalue weighted by atomic mass is 9.37. The van der Waals surface area contributed by atoms with Crippen LogP contribution in [0.15, 0.2) is 53.0 Å². The second kappa shape index (κ2) is 17.4. The highest BCUT2D eigenvalue weighted by Gasteiger charge is 2.97. The molecule has 0 unspecified atom stereocenters. The van der Waals surface area contributed by atoms with Crippen LogP contribution in [-0.2, 0) is 88.5 Å². The zero-order valence-corrected chi connectivity index (χ0v) is 42.3. The first-order valence-corrected chi connectivity index (χ1v) is 26.7. The fourth-order valence-corrected chi connectivity index (χ4v) is 16.2. The number of aliphatic hydroxyl groups is 3. The molecule has 2 bridgehead atoms. The number of benzene rings is 1. The van der Waals surface area contributed by atoms with Crippen molar-refractivity contribution in [3.05, 3.63) is 58.6 Å². The molecule has 7 fully saturated rings. The van der Waals surface area contributed by atoms with Crippen molar-refractivity contribution in [1.29, 1.82) is 0 Å². The van der Waals surface area contributed by atoms with E-state index in [1.54, 1.807) is 52.0 Å². The highest BCUT2D eigenvalue weighted by molar-refractivity contribution is 8.67. The molecule has 1 aromatic carbocycles. The van der Waals surface area contributed by atoms with Crippen molar-refractivity contribution in [1.82, 2.24) is 15.0 Å². The Hall–Kier alpha value is -3.91. The Morgan fingerprint density at radius 1 is 1.00 bits per heavy atom. The number of hydrogen-bond acceptors (Lipinski definition) is 23. The van der Waals surface area contributed by atoms with E-state index in [1.807, 2.05) is 6.07 Å². The molecule has 1 spiro atoms. The van der Waals surface area contributed by atoms with E-state index in [0.29, 0.717) is 10.9 Å². The van der Waals surface area contributed by atoms with Crippen LogP contribution in [0.3, 0.4) is 0 Å². The molecule has 5 aliphatic heterocycles. The summed E-state index contributed by atoms with van der Waals surface area (Å²) in [5.41, 5.74) is -11.5. The van der Waals surface area contributed by atoms with Gasteiger partial charge in [0.25, 0.3) is 11.3 Å². The van der Waals surface area contributed by atoms with Gasteiger partial charge in [-0.05, 0) is 68.6 Å². The molecular formula is C45H56N3O19PS2. The summed E-state index contributed by atoms with van der Waals surface area (Å²) in [7, 11) is 5.22. The van der Waals surface area contributed by atoms with Crippen LogP contribution in [0, 0.1) is 34.0 Å². The quantitative estimate of drug-likeness (QED) is 0.0951. The van der Waals surface area contributed by atoms with E-state index >= 15 is 0 Å². The fraction of sp³-hybridized carbons (Fsp3) is 0.667. The third-order valence-electron chi connectivity index (χ3n) is 16.5. The predicted molar refractivity (Wildman–Crippen MR) is 244 cm³/mol. The van der Waals surface area contributed by atoms with Gasteiger partial charge in [0, 0.05) is 61.7 Å². The van der Waals surface area contributed by atoms with Crippen LogP contribution in [-0.4, -0.2) is 155 Å². The predicted octanol–water partition coefficient (Wildman–Crippen LogP) is 1.80. The first kappa shape index (κ1) is 51.0. The average Bonchev–Trinajstić information content (AvgIpc) is 3.72. The van der Waals surface area contributed by atoms with Gasteiger partial charge >= 0.3 is 23.9 Å². The second-order valence-corrected chi connectivity index (χ2v) is 25.7. The lowest BCUT2D eigenvalue weighted by Crippen LogP contribution is -2.79. The summed E-state index contributed by atoms with van der Waals surface area (Å²) >= 11 is 6.45. The van der Waals surface area contributed by atoms with E-state index in [1.165, 1.54) is 49.5 Å². The number of aromatic nitrogens is 3. The minimum Gasteiger partial charge on any atom is -0.469 e. The lowest BCUT2D eigenvalue weighted by molar-refractivity contribution is -0.314. The molecule has 8 aliphatic rings. The number of aliphatic hydroxyl groups excluding tert-OH is 1. The van der Waals surface area contributed by atoms with Gasteiger partial charge < -0.3 is 67.0 Å². The molecule has 382 valence electrons. The van der Waals surface area contributed by atoms with Crippen LogP contribution in [0.1, 0.15) is 47.5 Å². The summed E-state index contributed by atoms with van der Waals surface area (Å²) in [5, 5.41) is 45.8. The highest BCUT2D eigenvalue weighted by Crippen LogP contribution is 2.83. The van der Waals surface area contributed by atoms with Crippen LogP contribution in [0.2, 0.25) is 0 Å². The van der Waals surface area contributed by atoms with Gasteiger partial charge in [-0.15, -0.1) is 5.10 Å². The Bertz CT molecular complexity index is 2680. The molecule has 25 heteroatoms. The Morgan fingerprint density at radius 3 is 2.36 bits per heavy atom. The number of epoxide rings is 1. The Labute approximate surface area is 410 Å². The molecule has 16 atom stereocenters. The SMILES string of the molecule is C/C=C(\C)C(=O)O[C@H]1C[C@@H](OC(C)=O)[C@@]2(C(=O)OC)CO[C@H]3[C@@H](O)[C@@](C)([C@]45O[C@@]4(C)[C@H]4C[C@@H]5O[C@@H]5OC=C[C@@]54O)[C@H]4[C@]1(CO[C@]4(O)C(=O)OC)[C@@H]32.COP(=S)(OC)SCn1nnc2ccccc2c1=O. The summed E-state index contributed by atoms with van der Waals surface area (Å²) in [6.45, 7) is 6.88. The van der Waals surface area contributed by atoms with Crippen LogP contribution in [0.25, 0.3) is 10.9 Å². The molecule has 2 aromatic rings.